The number of likely N-dealkylation sites (tertiary alicyclic amines) is 1. The van der Waals surface area contributed by atoms with Crippen LogP contribution in [0.5, 0.6) is 0 Å². The zero-order valence-electron chi connectivity index (χ0n) is 6.99. The Kier molecular flexibility index (Phi) is 1.76. The van der Waals surface area contributed by atoms with E-state index in [2.05, 4.69) is 0 Å². The van der Waals surface area contributed by atoms with Gasteiger partial charge in [-0.3, -0.25) is 4.79 Å². The van der Waals surface area contributed by atoms with Crippen molar-refractivity contribution in [3.05, 3.63) is 0 Å². The van der Waals surface area contributed by atoms with E-state index in [9.17, 15) is 4.79 Å². The highest BCUT2D eigenvalue weighted by molar-refractivity contribution is 5.79. The fourth-order valence-electron chi connectivity index (χ4n) is 2.40. The van der Waals surface area contributed by atoms with E-state index >= 15 is 0 Å². The summed E-state index contributed by atoms with van der Waals surface area (Å²) in [5.41, 5.74) is 0. The van der Waals surface area contributed by atoms with Gasteiger partial charge in [-0.15, -0.1) is 0 Å². The molecular formula is C9H12N2O. The maximum Gasteiger partial charge on any atom is 0.237 e. The van der Waals surface area contributed by atoms with Crippen LogP contribution < -0.4 is 0 Å². The average Bonchev–Trinajstić information content (AvgIpc) is 2.64. The number of carbonyl (C=O) groups excluding carboxylic acids is 1. The molecule has 3 heteroatoms. The average molecular weight is 164 g/mol. The van der Waals surface area contributed by atoms with E-state index in [1.54, 1.807) is 0 Å². The van der Waals surface area contributed by atoms with Crippen LogP contribution in [0.4, 0.5) is 0 Å². The van der Waals surface area contributed by atoms with Crippen molar-refractivity contribution in [3.63, 3.8) is 0 Å². The highest BCUT2D eigenvalue weighted by Gasteiger charge is 2.39. The molecule has 0 spiro atoms. The second-order valence-corrected chi connectivity index (χ2v) is 3.71. The summed E-state index contributed by atoms with van der Waals surface area (Å²) in [6, 6.07) is 2.38. The number of nitriles is 1. The third-order valence-electron chi connectivity index (χ3n) is 2.96. The Labute approximate surface area is 72.0 Å². The van der Waals surface area contributed by atoms with Gasteiger partial charge in [0, 0.05) is 12.6 Å². The van der Waals surface area contributed by atoms with Crippen molar-refractivity contribution in [3.8, 4) is 6.07 Å². The zero-order valence-corrected chi connectivity index (χ0v) is 6.99. The lowest BCUT2D eigenvalue weighted by Crippen LogP contribution is -2.37. The molecule has 0 aromatic heterocycles. The van der Waals surface area contributed by atoms with Gasteiger partial charge >= 0.3 is 0 Å². The van der Waals surface area contributed by atoms with Crippen LogP contribution in [-0.2, 0) is 4.79 Å². The van der Waals surface area contributed by atoms with Gasteiger partial charge in [-0.25, -0.2) is 0 Å². The molecule has 0 aromatic carbocycles. The normalized spacial score (nSPS) is 32.1. The predicted octanol–water partition coefficient (Wildman–Crippen LogP) is 0.911. The van der Waals surface area contributed by atoms with Crippen molar-refractivity contribution in [1.82, 2.24) is 4.90 Å². The van der Waals surface area contributed by atoms with Crippen molar-refractivity contribution in [1.29, 1.82) is 5.26 Å². The first kappa shape index (κ1) is 7.60. The molecule has 0 aromatic rings. The van der Waals surface area contributed by atoms with Crippen LogP contribution in [0.2, 0.25) is 0 Å². The van der Waals surface area contributed by atoms with Gasteiger partial charge in [-0.2, -0.15) is 5.26 Å². The highest BCUT2D eigenvalue weighted by atomic mass is 16.2. The summed E-state index contributed by atoms with van der Waals surface area (Å²) in [6.07, 6.45) is 3.67. The van der Waals surface area contributed by atoms with Crippen LogP contribution in [-0.4, -0.2) is 23.4 Å². The molecule has 1 aliphatic heterocycles. The van der Waals surface area contributed by atoms with Gasteiger partial charge in [-0.1, -0.05) is 0 Å². The van der Waals surface area contributed by atoms with Crippen molar-refractivity contribution >= 4 is 5.91 Å². The minimum atomic E-state index is 0.0321. The minimum Gasteiger partial charge on any atom is -0.339 e. The molecule has 2 atom stereocenters. The Balaban J connectivity index is 1.99. The fourth-order valence-corrected chi connectivity index (χ4v) is 2.40. The number of carbonyl (C=O) groups is 1. The molecule has 0 N–H and O–H groups in total. The Morgan fingerprint density at radius 2 is 2.42 bits per heavy atom. The molecule has 2 fully saturated rings. The molecule has 0 radical (unpaired) electrons. The minimum absolute atomic E-state index is 0.0321. The molecule has 1 saturated heterocycles. The van der Waals surface area contributed by atoms with E-state index in [0.717, 1.165) is 18.9 Å². The monoisotopic (exact) mass is 164 g/mol. The number of nitrogens with zero attached hydrogens (tertiary/aromatic N) is 2. The Morgan fingerprint density at radius 1 is 1.58 bits per heavy atom. The topological polar surface area (TPSA) is 44.1 Å². The van der Waals surface area contributed by atoms with Gasteiger partial charge in [0.15, 0.2) is 0 Å². The molecule has 12 heavy (non-hydrogen) atoms. The van der Waals surface area contributed by atoms with E-state index in [0.29, 0.717) is 6.04 Å². The number of rotatable bonds is 1. The molecular weight excluding hydrogens is 152 g/mol. The summed E-state index contributed by atoms with van der Waals surface area (Å²) in [7, 11) is 0. The van der Waals surface area contributed by atoms with Gasteiger partial charge in [0.2, 0.25) is 5.91 Å². The molecule has 1 saturated carbocycles. The molecule has 64 valence electrons. The van der Waals surface area contributed by atoms with Crippen LogP contribution in [0, 0.1) is 17.2 Å². The molecule has 3 nitrogen and oxygen atoms in total. The summed E-state index contributed by atoms with van der Waals surface area (Å²) in [5.74, 6) is 0.766. The van der Waals surface area contributed by atoms with Gasteiger partial charge in [0.1, 0.15) is 6.42 Å². The van der Waals surface area contributed by atoms with Crippen molar-refractivity contribution in [2.24, 2.45) is 5.92 Å². The molecule has 1 aliphatic carbocycles. The van der Waals surface area contributed by atoms with E-state index in [1.165, 1.54) is 12.8 Å². The van der Waals surface area contributed by atoms with Crippen LogP contribution in [0.15, 0.2) is 0 Å². The van der Waals surface area contributed by atoms with Crippen LogP contribution in [0.25, 0.3) is 0 Å². The first-order valence-electron chi connectivity index (χ1n) is 4.47. The van der Waals surface area contributed by atoms with Crippen LogP contribution in [0.3, 0.4) is 0 Å². The summed E-state index contributed by atoms with van der Waals surface area (Å²) in [5, 5.41) is 8.37. The summed E-state index contributed by atoms with van der Waals surface area (Å²) < 4.78 is 0. The van der Waals surface area contributed by atoms with Gasteiger partial charge in [0.25, 0.3) is 0 Å². The SMILES string of the molecule is N#CCC(=O)N1CC2CCC1C2. The maximum atomic E-state index is 11.3. The number of amides is 1. The third kappa shape index (κ3) is 1.08. The lowest BCUT2D eigenvalue weighted by molar-refractivity contribution is -0.131. The Morgan fingerprint density at radius 3 is 2.92 bits per heavy atom. The number of fused-ring (bicyclic) bond motifs is 2. The Bertz CT molecular complexity index is 243. The molecule has 2 unspecified atom stereocenters. The quantitative estimate of drug-likeness (QED) is 0.578. The van der Waals surface area contributed by atoms with Crippen molar-refractivity contribution in [2.75, 3.05) is 6.54 Å². The van der Waals surface area contributed by atoms with E-state index in [-0.39, 0.29) is 12.3 Å². The van der Waals surface area contributed by atoms with Gasteiger partial charge < -0.3 is 4.90 Å². The molecule has 1 amide bonds. The highest BCUT2D eigenvalue weighted by Crippen LogP contribution is 2.37. The number of piperidine rings is 1. The van der Waals surface area contributed by atoms with Gasteiger partial charge in [-0.05, 0) is 25.2 Å². The standard InChI is InChI=1S/C9H12N2O/c10-4-3-9(12)11-6-7-1-2-8(11)5-7/h7-8H,1-3,5-6H2. The Hall–Kier alpha value is -1.04. The smallest absolute Gasteiger partial charge is 0.237 e. The largest absolute Gasteiger partial charge is 0.339 e. The summed E-state index contributed by atoms with van der Waals surface area (Å²) >= 11 is 0. The lowest BCUT2D eigenvalue weighted by Gasteiger charge is -2.25. The molecule has 2 bridgehead atoms. The van der Waals surface area contributed by atoms with E-state index in [1.807, 2.05) is 11.0 Å². The van der Waals surface area contributed by atoms with Gasteiger partial charge in [0.05, 0.1) is 6.07 Å². The number of hydrogen-bond donors (Lipinski definition) is 0. The molecule has 2 rings (SSSR count). The van der Waals surface area contributed by atoms with Crippen LogP contribution in [0.1, 0.15) is 25.7 Å². The molecule has 1 heterocycles. The predicted molar refractivity (Wildman–Crippen MR) is 43.1 cm³/mol. The van der Waals surface area contributed by atoms with Crippen LogP contribution >= 0.6 is 0 Å². The van der Waals surface area contributed by atoms with Crippen molar-refractivity contribution < 1.29 is 4.79 Å². The van der Waals surface area contributed by atoms with E-state index in [4.69, 9.17) is 5.26 Å². The summed E-state index contributed by atoms with van der Waals surface area (Å²) in [4.78, 5) is 13.2. The van der Waals surface area contributed by atoms with Crippen molar-refractivity contribution in [2.45, 2.75) is 31.7 Å². The first-order valence-corrected chi connectivity index (χ1v) is 4.47. The second-order valence-electron chi connectivity index (χ2n) is 3.71. The lowest BCUT2D eigenvalue weighted by atomic mass is 10.1. The van der Waals surface area contributed by atoms with E-state index < -0.39 is 0 Å². The summed E-state index contributed by atoms with van der Waals surface area (Å²) in [6.45, 7) is 0.908. The second kappa shape index (κ2) is 2.78. The third-order valence-corrected chi connectivity index (χ3v) is 2.96. The zero-order chi connectivity index (χ0) is 8.55. The molecule has 2 aliphatic rings. The first-order chi connectivity index (χ1) is 5.81. The maximum absolute atomic E-state index is 11.3. The number of hydrogen-bond acceptors (Lipinski definition) is 2. The fraction of sp³-hybridized carbons (Fsp3) is 0.778.